The van der Waals surface area contributed by atoms with Crippen LogP contribution in [0.1, 0.15) is 6.42 Å². The maximum atomic E-state index is 13.6. The summed E-state index contributed by atoms with van der Waals surface area (Å²) in [5, 5.41) is 9.09. The number of halogens is 2. The fraction of sp³-hybridized carbons (Fsp3) is 0.235. The normalized spacial score (nSPS) is 11.1. The number of imidazole rings is 1. The van der Waals surface area contributed by atoms with Crippen molar-refractivity contribution in [2.24, 2.45) is 0 Å². The number of rotatable bonds is 5. The first-order chi connectivity index (χ1) is 11.1. The van der Waals surface area contributed by atoms with E-state index in [1.54, 1.807) is 11.7 Å². The van der Waals surface area contributed by atoms with Gasteiger partial charge < -0.3 is 14.4 Å². The van der Waals surface area contributed by atoms with Crippen LogP contribution < -0.4 is 4.74 Å². The Hall–Kier alpha value is -2.47. The molecule has 0 saturated heterocycles. The number of aliphatic hydroxyl groups is 1. The van der Waals surface area contributed by atoms with E-state index in [0.29, 0.717) is 35.6 Å². The highest BCUT2D eigenvalue weighted by molar-refractivity contribution is 5.81. The molecule has 0 fully saturated rings. The zero-order valence-electron chi connectivity index (χ0n) is 12.6. The summed E-state index contributed by atoms with van der Waals surface area (Å²) in [5.41, 5.74) is 1.65. The standard InChI is InChI=1S/C17H16F2N2O2/c1-23-12-5-2-4-11(8-12)17-20-15-9-13(18)14(19)10-16(15)21(17)6-3-7-22/h2,4-5,8-10,22H,3,6-7H2,1H3. The van der Waals surface area contributed by atoms with Crippen molar-refractivity contribution in [2.75, 3.05) is 13.7 Å². The molecule has 0 bridgehead atoms. The van der Waals surface area contributed by atoms with Crippen molar-refractivity contribution in [3.63, 3.8) is 0 Å². The molecule has 0 atom stereocenters. The smallest absolute Gasteiger partial charge is 0.161 e. The van der Waals surface area contributed by atoms with Gasteiger partial charge in [0.1, 0.15) is 11.6 Å². The zero-order valence-corrected chi connectivity index (χ0v) is 12.6. The summed E-state index contributed by atoms with van der Waals surface area (Å²) in [6.07, 6.45) is 0.488. The largest absolute Gasteiger partial charge is 0.497 e. The molecule has 0 amide bonds. The molecule has 4 nitrogen and oxygen atoms in total. The Morgan fingerprint density at radius 2 is 1.96 bits per heavy atom. The molecule has 0 radical (unpaired) electrons. The molecule has 120 valence electrons. The van der Waals surface area contributed by atoms with E-state index in [1.807, 2.05) is 24.3 Å². The Morgan fingerprint density at radius 1 is 1.17 bits per heavy atom. The van der Waals surface area contributed by atoms with Gasteiger partial charge in [-0.05, 0) is 18.6 Å². The van der Waals surface area contributed by atoms with Crippen molar-refractivity contribution >= 4 is 11.0 Å². The molecule has 0 aliphatic carbocycles. The van der Waals surface area contributed by atoms with Crippen LogP contribution in [-0.2, 0) is 6.54 Å². The van der Waals surface area contributed by atoms with Gasteiger partial charge in [0, 0.05) is 30.8 Å². The highest BCUT2D eigenvalue weighted by atomic mass is 19.2. The molecule has 23 heavy (non-hydrogen) atoms. The van der Waals surface area contributed by atoms with Crippen LogP contribution in [0.2, 0.25) is 0 Å². The molecule has 1 aromatic heterocycles. The van der Waals surface area contributed by atoms with Crippen molar-refractivity contribution < 1.29 is 18.6 Å². The van der Waals surface area contributed by atoms with Crippen LogP contribution in [0.4, 0.5) is 8.78 Å². The number of benzene rings is 2. The first-order valence-corrected chi connectivity index (χ1v) is 7.24. The van der Waals surface area contributed by atoms with Crippen LogP contribution in [0.3, 0.4) is 0 Å². The number of aliphatic hydroxyl groups excluding tert-OH is 1. The molecule has 0 unspecified atom stereocenters. The number of fused-ring (bicyclic) bond motifs is 1. The Balaban J connectivity index is 2.21. The lowest BCUT2D eigenvalue weighted by atomic mass is 10.2. The van der Waals surface area contributed by atoms with E-state index in [-0.39, 0.29) is 6.61 Å². The van der Waals surface area contributed by atoms with Crippen LogP contribution in [0.25, 0.3) is 22.4 Å². The molecular weight excluding hydrogens is 302 g/mol. The second kappa shape index (κ2) is 6.34. The number of ether oxygens (including phenoxy) is 1. The summed E-state index contributed by atoms with van der Waals surface area (Å²) in [5.74, 6) is -0.598. The minimum atomic E-state index is -0.929. The lowest BCUT2D eigenvalue weighted by molar-refractivity contribution is 0.281. The van der Waals surface area contributed by atoms with E-state index in [2.05, 4.69) is 4.98 Å². The molecular formula is C17H16F2N2O2. The molecule has 0 aliphatic rings. The van der Waals surface area contributed by atoms with E-state index in [9.17, 15) is 8.78 Å². The van der Waals surface area contributed by atoms with Gasteiger partial charge in [-0.2, -0.15) is 0 Å². The summed E-state index contributed by atoms with van der Waals surface area (Å²) < 4.78 is 34.1. The number of hydrogen-bond donors (Lipinski definition) is 1. The Bertz CT molecular complexity index is 846. The maximum Gasteiger partial charge on any atom is 0.161 e. The van der Waals surface area contributed by atoms with Crippen molar-refractivity contribution in [2.45, 2.75) is 13.0 Å². The number of nitrogens with zero attached hydrogens (tertiary/aromatic N) is 2. The fourth-order valence-corrected chi connectivity index (χ4v) is 2.56. The average molecular weight is 318 g/mol. The van der Waals surface area contributed by atoms with Gasteiger partial charge in [-0.3, -0.25) is 0 Å². The second-order valence-corrected chi connectivity index (χ2v) is 5.15. The van der Waals surface area contributed by atoms with Gasteiger partial charge >= 0.3 is 0 Å². The summed E-state index contributed by atoms with van der Waals surface area (Å²) in [7, 11) is 1.57. The predicted octanol–water partition coefficient (Wildman–Crippen LogP) is 3.37. The van der Waals surface area contributed by atoms with Crippen molar-refractivity contribution in [3.8, 4) is 17.1 Å². The molecule has 1 heterocycles. The van der Waals surface area contributed by atoms with E-state index in [0.717, 1.165) is 17.7 Å². The molecule has 3 rings (SSSR count). The lowest BCUT2D eigenvalue weighted by Crippen LogP contribution is -2.03. The highest BCUT2D eigenvalue weighted by Crippen LogP contribution is 2.28. The van der Waals surface area contributed by atoms with E-state index < -0.39 is 11.6 Å². The Labute approximate surface area is 132 Å². The molecule has 0 saturated carbocycles. The van der Waals surface area contributed by atoms with Crippen LogP contribution >= 0.6 is 0 Å². The van der Waals surface area contributed by atoms with Gasteiger partial charge in [0.25, 0.3) is 0 Å². The third-order valence-electron chi connectivity index (χ3n) is 3.66. The quantitative estimate of drug-likeness (QED) is 0.784. The van der Waals surface area contributed by atoms with E-state index >= 15 is 0 Å². The molecule has 6 heteroatoms. The van der Waals surface area contributed by atoms with Crippen molar-refractivity contribution in [3.05, 3.63) is 48.0 Å². The first-order valence-electron chi connectivity index (χ1n) is 7.24. The minimum absolute atomic E-state index is 0.000894. The van der Waals surface area contributed by atoms with Gasteiger partial charge in [-0.1, -0.05) is 12.1 Å². The monoisotopic (exact) mass is 318 g/mol. The topological polar surface area (TPSA) is 47.3 Å². The van der Waals surface area contributed by atoms with Crippen LogP contribution in [0, 0.1) is 11.6 Å². The second-order valence-electron chi connectivity index (χ2n) is 5.15. The summed E-state index contributed by atoms with van der Waals surface area (Å²) in [4.78, 5) is 4.43. The fourth-order valence-electron chi connectivity index (χ4n) is 2.56. The summed E-state index contributed by atoms with van der Waals surface area (Å²) in [6.45, 7) is 0.450. The van der Waals surface area contributed by atoms with Crippen LogP contribution in [0.5, 0.6) is 5.75 Å². The van der Waals surface area contributed by atoms with Crippen LogP contribution in [-0.4, -0.2) is 28.4 Å². The third kappa shape index (κ3) is 2.90. The van der Waals surface area contributed by atoms with Gasteiger partial charge in [0.05, 0.1) is 18.1 Å². The lowest BCUT2D eigenvalue weighted by Gasteiger charge is -2.09. The van der Waals surface area contributed by atoms with Gasteiger partial charge in [-0.25, -0.2) is 13.8 Å². The Morgan fingerprint density at radius 3 is 2.70 bits per heavy atom. The number of methoxy groups -OCH3 is 1. The molecule has 0 spiro atoms. The van der Waals surface area contributed by atoms with Gasteiger partial charge in [0.15, 0.2) is 11.6 Å². The van der Waals surface area contributed by atoms with Crippen molar-refractivity contribution in [1.29, 1.82) is 0 Å². The number of hydrogen-bond acceptors (Lipinski definition) is 3. The van der Waals surface area contributed by atoms with Crippen LogP contribution in [0.15, 0.2) is 36.4 Å². The average Bonchev–Trinajstić information content (AvgIpc) is 2.91. The molecule has 0 aliphatic heterocycles. The molecule has 2 aromatic carbocycles. The highest BCUT2D eigenvalue weighted by Gasteiger charge is 2.16. The number of aryl methyl sites for hydroxylation is 1. The zero-order chi connectivity index (χ0) is 16.4. The molecule has 3 aromatic rings. The third-order valence-corrected chi connectivity index (χ3v) is 3.66. The minimum Gasteiger partial charge on any atom is -0.497 e. The van der Waals surface area contributed by atoms with Crippen molar-refractivity contribution in [1.82, 2.24) is 9.55 Å². The predicted molar refractivity (Wildman–Crippen MR) is 83.3 cm³/mol. The van der Waals surface area contributed by atoms with E-state index in [4.69, 9.17) is 9.84 Å². The number of aromatic nitrogens is 2. The summed E-state index contributed by atoms with van der Waals surface area (Å²) >= 11 is 0. The van der Waals surface area contributed by atoms with E-state index in [1.165, 1.54) is 0 Å². The van der Waals surface area contributed by atoms with Gasteiger partial charge in [0.2, 0.25) is 0 Å². The van der Waals surface area contributed by atoms with Gasteiger partial charge in [-0.15, -0.1) is 0 Å². The Kier molecular flexibility index (Phi) is 4.25. The SMILES string of the molecule is COc1cccc(-c2nc3cc(F)c(F)cc3n2CCCO)c1. The molecule has 1 N–H and O–H groups in total. The summed E-state index contributed by atoms with van der Waals surface area (Å²) in [6, 6.07) is 9.52. The maximum absolute atomic E-state index is 13.6. The first kappa shape index (κ1) is 15.4.